The van der Waals surface area contributed by atoms with Gasteiger partial charge in [0.2, 0.25) is 0 Å². The second-order valence-corrected chi connectivity index (χ2v) is 8.01. The van der Waals surface area contributed by atoms with E-state index in [1.165, 1.54) is 17.7 Å². The van der Waals surface area contributed by atoms with Crippen molar-refractivity contribution in [1.29, 1.82) is 0 Å². The standard InChI is InChI=1S/C20H28N4O4/c1-13-8-16(25)9-14-10-20(13,14)11-15(23(2)3)12-22-19(28)21-6-7-24-17(26)4-5-18(24)27/h4-5,8-9,14-15,25H,6-7,10-12H2,1-3H3,(H2,21,22,28)/t14?,15-,20?/m0/s1. The maximum Gasteiger partial charge on any atom is 0.314 e. The van der Waals surface area contributed by atoms with E-state index in [0.717, 1.165) is 17.7 Å². The molecule has 8 heteroatoms. The Morgan fingerprint density at radius 3 is 2.61 bits per heavy atom. The van der Waals surface area contributed by atoms with Gasteiger partial charge in [-0.1, -0.05) is 5.57 Å². The SMILES string of the molecule is CC1=CC(O)=CC2CC12C[C@@H](CNC(=O)NCCN1C(=O)C=CC1=O)N(C)C. The molecule has 4 amide bonds. The van der Waals surface area contributed by atoms with E-state index >= 15 is 0 Å². The molecule has 2 aliphatic carbocycles. The van der Waals surface area contributed by atoms with Gasteiger partial charge >= 0.3 is 6.03 Å². The van der Waals surface area contributed by atoms with Gasteiger partial charge in [0.25, 0.3) is 11.8 Å². The van der Waals surface area contributed by atoms with Gasteiger partial charge < -0.3 is 20.6 Å². The Hall–Kier alpha value is -2.61. The monoisotopic (exact) mass is 388 g/mol. The maximum absolute atomic E-state index is 12.1. The molecule has 3 N–H and O–H groups in total. The summed E-state index contributed by atoms with van der Waals surface area (Å²) in [5.74, 6) is 0.0147. The smallest absolute Gasteiger partial charge is 0.314 e. The summed E-state index contributed by atoms with van der Waals surface area (Å²) in [6, 6.07) is -0.170. The lowest BCUT2D eigenvalue weighted by Gasteiger charge is -2.31. The highest BCUT2D eigenvalue weighted by Crippen LogP contribution is 2.63. The number of likely N-dealkylation sites (N-methyl/N-ethyl adjacent to an activating group) is 1. The van der Waals surface area contributed by atoms with E-state index < -0.39 is 0 Å². The molecule has 0 radical (unpaired) electrons. The van der Waals surface area contributed by atoms with Crippen LogP contribution in [-0.4, -0.2) is 72.5 Å². The minimum atomic E-state index is -0.353. The van der Waals surface area contributed by atoms with Gasteiger partial charge in [-0.15, -0.1) is 0 Å². The summed E-state index contributed by atoms with van der Waals surface area (Å²) < 4.78 is 0. The predicted molar refractivity (Wildman–Crippen MR) is 104 cm³/mol. The van der Waals surface area contributed by atoms with Crippen molar-refractivity contribution in [2.45, 2.75) is 25.8 Å². The van der Waals surface area contributed by atoms with Gasteiger partial charge in [-0.25, -0.2) is 4.79 Å². The molecule has 3 atom stereocenters. The highest BCUT2D eigenvalue weighted by atomic mass is 16.3. The van der Waals surface area contributed by atoms with Crippen molar-refractivity contribution in [2.75, 3.05) is 33.7 Å². The third-order valence-electron chi connectivity index (χ3n) is 6.01. The van der Waals surface area contributed by atoms with E-state index in [2.05, 4.69) is 22.5 Å². The number of carbonyl (C=O) groups excluding carboxylic acids is 3. The largest absolute Gasteiger partial charge is 0.508 e. The van der Waals surface area contributed by atoms with Gasteiger partial charge in [0.1, 0.15) is 5.76 Å². The van der Waals surface area contributed by atoms with Crippen molar-refractivity contribution in [3.05, 3.63) is 35.6 Å². The molecule has 0 aromatic rings. The van der Waals surface area contributed by atoms with Crippen LogP contribution < -0.4 is 10.6 Å². The Kier molecular flexibility index (Phi) is 5.60. The molecule has 0 bridgehead atoms. The molecular weight excluding hydrogens is 360 g/mol. The molecule has 0 aromatic heterocycles. The summed E-state index contributed by atoms with van der Waals surface area (Å²) in [4.78, 5) is 38.3. The Balaban J connectivity index is 1.44. The Morgan fingerprint density at radius 1 is 1.32 bits per heavy atom. The van der Waals surface area contributed by atoms with Gasteiger partial charge in [-0.3, -0.25) is 14.5 Å². The number of rotatable bonds is 8. The van der Waals surface area contributed by atoms with Gasteiger partial charge in [-0.05, 0) is 57.3 Å². The van der Waals surface area contributed by atoms with Crippen LogP contribution in [0, 0.1) is 11.3 Å². The van der Waals surface area contributed by atoms with Crippen LogP contribution in [0.3, 0.4) is 0 Å². The fraction of sp³-hybridized carbons (Fsp3) is 0.550. The summed E-state index contributed by atoms with van der Waals surface area (Å²) in [7, 11) is 3.98. The minimum Gasteiger partial charge on any atom is -0.508 e. The molecule has 0 saturated heterocycles. The second-order valence-electron chi connectivity index (χ2n) is 8.01. The molecule has 1 aliphatic heterocycles. The molecule has 1 heterocycles. The van der Waals surface area contributed by atoms with Crippen LogP contribution in [0.4, 0.5) is 4.79 Å². The topological polar surface area (TPSA) is 102 Å². The molecule has 152 valence electrons. The first kappa shape index (κ1) is 20.1. The van der Waals surface area contributed by atoms with E-state index in [9.17, 15) is 19.5 Å². The number of amides is 4. The number of nitrogens with zero attached hydrogens (tertiary/aromatic N) is 2. The lowest BCUT2D eigenvalue weighted by molar-refractivity contribution is -0.136. The van der Waals surface area contributed by atoms with Crippen molar-refractivity contribution in [1.82, 2.24) is 20.4 Å². The fourth-order valence-corrected chi connectivity index (χ4v) is 4.08. The third kappa shape index (κ3) is 4.11. The van der Waals surface area contributed by atoms with Gasteiger partial charge in [-0.2, -0.15) is 0 Å². The number of hydrogen-bond donors (Lipinski definition) is 3. The molecule has 0 spiro atoms. The van der Waals surface area contributed by atoms with E-state index in [1.54, 1.807) is 0 Å². The number of fused-ring (bicyclic) bond motifs is 1. The zero-order valence-corrected chi connectivity index (χ0v) is 16.6. The first-order valence-electron chi connectivity index (χ1n) is 9.54. The quantitative estimate of drug-likeness (QED) is 0.537. The minimum absolute atomic E-state index is 0.0861. The van der Waals surface area contributed by atoms with Crippen LogP contribution in [0.5, 0.6) is 0 Å². The van der Waals surface area contributed by atoms with Crippen LogP contribution in [0.1, 0.15) is 19.8 Å². The van der Waals surface area contributed by atoms with Gasteiger partial charge in [0.15, 0.2) is 0 Å². The number of allylic oxidation sites excluding steroid dienone is 3. The summed E-state index contributed by atoms with van der Waals surface area (Å²) in [6.07, 6.45) is 8.15. The number of hydrogen-bond acceptors (Lipinski definition) is 5. The molecule has 3 aliphatic rings. The molecular formula is C20H28N4O4. The number of carbonyl (C=O) groups is 3. The first-order chi connectivity index (χ1) is 13.2. The number of aliphatic hydroxyl groups is 1. The van der Waals surface area contributed by atoms with Crippen molar-refractivity contribution in [3.8, 4) is 0 Å². The van der Waals surface area contributed by atoms with Crippen LogP contribution in [-0.2, 0) is 9.59 Å². The average Bonchev–Trinajstić information content (AvgIpc) is 3.24. The summed E-state index contributed by atoms with van der Waals surface area (Å²) in [6.45, 7) is 2.90. The Labute approximate surface area is 164 Å². The van der Waals surface area contributed by atoms with Crippen molar-refractivity contribution < 1.29 is 19.5 Å². The van der Waals surface area contributed by atoms with Crippen molar-refractivity contribution >= 4 is 17.8 Å². The molecule has 3 rings (SSSR count). The number of aliphatic hydroxyl groups excluding tert-OH is 1. The average molecular weight is 388 g/mol. The molecule has 28 heavy (non-hydrogen) atoms. The first-order valence-corrected chi connectivity index (χ1v) is 9.54. The van der Waals surface area contributed by atoms with Crippen LogP contribution in [0.2, 0.25) is 0 Å². The highest BCUT2D eigenvalue weighted by Gasteiger charge is 2.56. The van der Waals surface area contributed by atoms with Crippen LogP contribution in [0.15, 0.2) is 35.6 Å². The van der Waals surface area contributed by atoms with Crippen LogP contribution >= 0.6 is 0 Å². The normalized spacial score (nSPS) is 26.7. The Morgan fingerprint density at radius 2 is 2.00 bits per heavy atom. The summed E-state index contributed by atoms with van der Waals surface area (Å²) in [5, 5.41) is 15.3. The van der Waals surface area contributed by atoms with E-state index in [4.69, 9.17) is 0 Å². The lowest BCUT2D eigenvalue weighted by atomic mass is 9.84. The molecule has 8 nitrogen and oxygen atoms in total. The molecule has 1 fully saturated rings. The van der Waals surface area contributed by atoms with Crippen molar-refractivity contribution in [2.24, 2.45) is 11.3 Å². The second kappa shape index (κ2) is 7.79. The molecule has 1 saturated carbocycles. The summed E-state index contributed by atoms with van der Waals surface area (Å²) in [5.41, 5.74) is 1.28. The van der Waals surface area contributed by atoms with E-state index in [0.29, 0.717) is 18.2 Å². The fourth-order valence-electron chi connectivity index (χ4n) is 4.08. The Bertz CT molecular complexity index is 752. The molecule has 0 aromatic carbocycles. The predicted octanol–water partition coefficient (Wildman–Crippen LogP) is 0.939. The zero-order valence-electron chi connectivity index (χ0n) is 16.6. The maximum atomic E-state index is 12.1. The van der Waals surface area contributed by atoms with Crippen LogP contribution in [0.25, 0.3) is 0 Å². The van der Waals surface area contributed by atoms with Gasteiger partial charge in [0.05, 0.1) is 0 Å². The number of urea groups is 1. The third-order valence-corrected chi connectivity index (χ3v) is 6.01. The summed E-state index contributed by atoms with van der Waals surface area (Å²) >= 11 is 0. The number of nitrogens with one attached hydrogen (secondary N) is 2. The highest BCUT2D eigenvalue weighted by molar-refractivity contribution is 6.12. The van der Waals surface area contributed by atoms with E-state index in [-0.39, 0.29) is 42.4 Å². The van der Waals surface area contributed by atoms with E-state index in [1.807, 2.05) is 26.2 Å². The van der Waals surface area contributed by atoms with Gasteiger partial charge in [0, 0.05) is 37.8 Å². The van der Waals surface area contributed by atoms with Crippen molar-refractivity contribution in [3.63, 3.8) is 0 Å². The zero-order chi connectivity index (χ0) is 20.5. The number of imide groups is 1. The lowest BCUT2D eigenvalue weighted by Crippen LogP contribution is -2.47. The molecule has 2 unspecified atom stereocenters.